The second-order valence-electron chi connectivity index (χ2n) is 4.09. The smallest absolute Gasteiger partial charge is 0.469 e. The Balaban J connectivity index is 1.99. The van der Waals surface area contributed by atoms with Crippen molar-refractivity contribution < 1.29 is 27.4 Å². The molecule has 0 bridgehead atoms. The summed E-state index contributed by atoms with van der Waals surface area (Å²) in [7, 11) is 1.32. The van der Waals surface area contributed by atoms with Crippen molar-refractivity contribution in [1.29, 1.82) is 0 Å². The van der Waals surface area contributed by atoms with E-state index in [1.165, 1.54) is 31.4 Å². The lowest BCUT2D eigenvalue weighted by atomic mass is 10.1. The number of ether oxygens (including phenoxy) is 2. The molecule has 1 saturated carbocycles. The molecule has 2 rings (SSSR count). The molecule has 0 N–H and O–H groups in total. The van der Waals surface area contributed by atoms with Crippen LogP contribution in [0.5, 0.6) is 5.75 Å². The summed E-state index contributed by atoms with van der Waals surface area (Å²) in [6, 6.07) is 5.56. The first kappa shape index (κ1) is 12.7. The van der Waals surface area contributed by atoms with Crippen LogP contribution < -0.4 is 4.74 Å². The molecule has 1 aromatic carbocycles. The Hall–Kier alpha value is -1.72. The summed E-state index contributed by atoms with van der Waals surface area (Å²) in [5.74, 6) is -0.682. The Labute approximate surface area is 102 Å². The third kappa shape index (κ3) is 2.94. The van der Waals surface area contributed by atoms with Crippen molar-refractivity contribution in [3.05, 3.63) is 29.8 Å². The van der Waals surface area contributed by atoms with E-state index in [1.54, 1.807) is 0 Å². The second-order valence-corrected chi connectivity index (χ2v) is 4.09. The van der Waals surface area contributed by atoms with Crippen LogP contribution in [0.15, 0.2) is 24.3 Å². The first-order valence-corrected chi connectivity index (χ1v) is 5.34. The maximum atomic E-state index is 11.9. The Bertz CT molecular complexity index is 439. The van der Waals surface area contributed by atoms with Crippen LogP contribution in [0, 0.1) is 5.92 Å². The number of rotatable bonds is 3. The molecule has 0 amide bonds. The lowest BCUT2D eigenvalue weighted by Gasteiger charge is -2.09. The van der Waals surface area contributed by atoms with Gasteiger partial charge in [-0.05, 0) is 30.0 Å². The van der Waals surface area contributed by atoms with Gasteiger partial charge in [0.15, 0.2) is 0 Å². The Morgan fingerprint density at radius 2 is 1.89 bits per heavy atom. The van der Waals surface area contributed by atoms with E-state index in [0.29, 0.717) is 6.42 Å². The number of alkyl halides is 3. The average Bonchev–Trinajstić information content (AvgIpc) is 3.07. The second kappa shape index (κ2) is 4.51. The third-order valence-electron chi connectivity index (χ3n) is 2.84. The molecule has 1 aliphatic carbocycles. The maximum absolute atomic E-state index is 11.9. The van der Waals surface area contributed by atoms with Gasteiger partial charge in [-0.15, -0.1) is 13.2 Å². The molecule has 0 unspecified atom stereocenters. The topological polar surface area (TPSA) is 35.5 Å². The number of hydrogen-bond acceptors (Lipinski definition) is 3. The van der Waals surface area contributed by atoms with Crippen LogP contribution >= 0.6 is 0 Å². The van der Waals surface area contributed by atoms with Crippen LogP contribution in [-0.4, -0.2) is 19.4 Å². The molecule has 18 heavy (non-hydrogen) atoms. The van der Waals surface area contributed by atoms with Gasteiger partial charge in [0.2, 0.25) is 0 Å². The van der Waals surface area contributed by atoms with Gasteiger partial charge < -0.3 is 9.47 Å². The van der Waals surface area contributed by atoms with Gasteiger partial charge in [0, 0.05) is 0 Å². The highest BCUT2D eigenvalue weighted by molar-refractivity contribution is 5.77. The number of benzene rings is 1. The maximum Gasteiger partial charge on any atom is 0.573 e. The zero-order valence-corrected chi connectivity index (χ0v) is 9.53. The van der Waals surface area contributed by atoms with Gasteiger partial charge in [-0.2, -0.15) is 0 Å². The highest BCUT2D eigenvalue weighted by Crippen LogP contribution is 2.48. The number of carbonyl (C=O) groups is 1. The van der Waals surface area contributed by atoms with Gasteiger partial charge >= 0.3 is 12.3 Å². The highest BCUT2D eigenvalue weighted by atomic mass is 19.4. The van der Waals surface area contributed by atoms with Crippen LogP contribution in [0.1, 0.15) is 17.9 Å². The number of halogens is 3. The van der Waals surface area contributed by atoms with Gasteiger partial charge in [0.1, 0.15) is 5.75 Å². The molecule has 0 saturated heterocycles. The first-order chi connectivity index (χ1) is 8.40. The van der Waals surface area contributed by atoms with Crippen molar-refractivity contribution >= 4 is 5.97 Å². The summed E-state index contributed by atoms with van der Waals surface area (Å²) >= 11 is 0. The fraction of sp³-hybridized carbons (Fsp3) is 0.417. The molecule has 0 aromatic heterocycles. The third-order valence-corrected chi connectivity index (χ3v) is 2.84. The molecule has 0 heterocycles. The predicted octanol–water partition coefficient (Wildman–Crippen LogP) is 2.86. The lowest BCUT2D eigenvalue weighted by molar-refractivity contribution is -0.274. The van der Waals surface area contributed by atoms with Crippen molar-refractivity contribution in [1.82, 2.24) is 0 Å². The van der Waals surface area contributed by atoms with Crippen LogP contribution in [0.3, 0.4) is 0 Å². The van der Waals surface area contributed by atoms with E-state index in [4.69, 9.17) is 0 Å². The van der Waals surface area contributed by atoms with Crippen LogP contribution in [0.2, 0.25) is 0 Å². The minimum Gasteiger partial charge on any atom is -0.469 e. The molecule has 3 nitrogen and oxygen atoms in total. The summed E-state index contributed by atoms with van der Waals surface area (Å²) in [6.07, 6.45) is -4.01. The van der Waals surface area contributed by atoms with E-state index >= 15 is 0 Å². The van der Waals surface area contributed by atoms with E-state index in [0.717, 1.165) is 5.56 Å². The van der Waals surface area contributed by atoms with E-state index in [-0.39, 0.29) is 23.6 Å². The van der Waals surface area contributed by atoms with Crippen LogP contribution in [0.25, 0.3) is 0 Å². The van der Waals surface area contributed by atoms with Gasteiger partial charge in [0.05, 0.1) is 13.0 Å². The molecule has 1 aliphatic rings. The summed E-state index contributed by atoms with van der Waals surface area (Å²) in [5.41, 5.74) is 0.819. The predicted molar refractivity (Wildman–Crippen MR) is 56.0 cm³/mol. The first-order valence-electron chi connectivity index (χ1n) is 5.34. The summed E-state index contributed by atoms with van der Waals surface area (Å²) in [6.45, 7) is 0. The molecule has 6 heteroatoms. The Kier molecular flexibility index (Phi) is 3.19. The SMILES string of the molecule is COC(=O)[C@@H]1C[C@H]1c1ccc(OC(F)(F)F)cc1. The van der Waals surface area contributed by atoms with Gasteiger partial charge in [-0.1, -0.05) is 12.1 Å². The number of carbonyl (C=O) groups excluding carboxylic acids is 1. The van der Waals surface area contributed by atoms with E-state index in [1.807, 2.05) is 0 Å². The quantitative estimate of drug-likeness (QED) is 0.784. The number of esters is 1. The summed E-state index contributed by atoms with van der Waals surface area (Å²) < 4.78 is 44.2. The van der Waals surface area contributed by atoms with Crippen molar-refractivity contribution in [2.45, 2.75) is 18.7 Å². The normalized spacial score (nSPS) is 22.4. The monoisotopic (exact) mass is 260 g/mol. The molecule has 0 spiro atoms. The zero-order chi connectivity index (χ0) is 13.3. The Morgan fingerprint density at radius 3 is 2.39 bits per heavy atom. The van der Waals surface area contributed by atoms with E-state index in [9.17, 15) is 18.0 Å². The van der Waals surface area contributed by atoms with Crippen molar-refractivity contribution in [3.8, 4) is 5.75 Å². The fourth-order valence-corrected chi connectivity index (χ4v) is 1.89. The molecular formula is C12H11F3O3. The number of hydrogen-bond donors (Lipinski definition) is 0. The minimum atomic E-state index is -4.68. The molecule has 98 valence electrons. The van der Waals surface area contributed by atoms with Crippen molar-refractivity contribution in [2.24, 2.45) is 5.92 Å². The van der Waals surface area contributed by atoms with E-state index in [2.05, 4.69) is 9.47 Å². The van der Waals surface area contributed by atoms with Crippen molar-refractivity contribution in [2.75, 3.05) is 7.11 Å². The molecule has 0 radical (unpaired) electrons. The largest absolute Gasteiger partial charge is 0.573 e. The highest BCUT2D eigenvalue weighted by Gasteiger charge is 2.44. The lowest BCUT2D eigenvalue weighted by Crippen LogP contribution is -2.17. The molecule has 1 aromatic rings. The summed E-state index contributed by atoms with van der Waals surface area (Å²) in [4.78, 5) is 11.2. The van der Waals surface area contributed by atoms with E-state index < -0.39 is 6.36 Å². The van der Waals surface area contributed by atoms with Gasteiger partial charge in [-0.3, -0.25) is 4.79 Å². The number of methoxy groups -OCH3 is 1. The fourth-order valence-electron chi connectivity index (χ4n) is 1.89. The average molecular weight is 260 g/mol. The standard InChI is InChI=1S/C12H11F3O3/c1-17-11(16)10-6-9(10)7-2-4-8(5-3-7)18-12(13,14)15/h2-5,9-10H,6H2,1H3/t9-,10+/m0/s1. The van der Waals surface area contributed by atoms with Crippen LogP contribution in [-0.2, 0) is 9.53 Å². The van der Waals surface area contributed by atoms with Gasteiger partial charge in [0.25, 0.3) is 0 Å². The molecule has 1 fully saturated rings. The molecule has 0 aliphatic heterocycles. The van der Waals surface area contributed by atoms with Gasteiger partial charge in [-0.25, -0.2) is 0 Å². The van der Waals surface area contributed by atoms with Crippen molar-refractivity contribution in [3.63, 3.8) is 0 Å². The zero-order valence-electron chi connectivity index (χ0n) is 9.53. The minimum absolute atomic E-state index is 0.0392. The summed E-state index contributed by atoms with van der Waals surface area (Å²) in [5, 5.41) is 0. The Morgan fingerprint density at radius 1 is 1.28 bits per heavy atom. The molecular weight excluding hydrogens is 249 g/mol. The van der Waals surface area contributed by atoms with Crippen LogP contribution in [0.4, 0.5) is 13.2 Å². The molecule has 2 atom stereocenters.